The number of nitrogens with zero attached hydrogens (tertiary/aromatic N) is 3. The van der Waals surface area contributed by atoms with E-state index >= 15 is 0 Å². The minimum absolute atomic E-state index is 0.165. The molecular formula is C16H18ClN3O2. The minimum atomic E-state index is -0.479. The molecule has 3 rings (SSSR count). The molecule has 22 heavy (non-hydrogen) atoms. The van der Waals surface area contributed by atoms with Crippen LogP contribution >= 0.6 is 11.6 Å². The number of amides is 1. The second-order valence-electron chi connectivity index (χ2n) is 6.48. The third-order valence-corrected chi connectivity index (χ3v) is 3.69. The number of hydrogen-bond acceptors (Lipinski definition) is 4. The van der Waals surface area contributed by atoms with Crippen LogP contribution < -0.4 is 0 Å². The Kier molecular flexibility index (Phi) is 3.68. The van der Waals surface area contributed by atoms with Gasteiger partial charge in [0.15, 0.2) is 0 Å². The molecule has 0 atom stereocenters. The first kappa shape index (κ1) is 15.0. The molecule has 2 heterocycles. The molecule has 1 fully saturated rings. The van der Waals surface area contributed by atoms with Crippen LogP contribution in [0.5, 0.6) is 0 Å². The van der Waals surface area contributed by atoms with Gasteiger partial charge >= 0.3 is 6.09 Å². The van der Waals surface area contributed by atoms with Crippen molar-refractivity contribution in [2.75, 3.05) is 13.1 Å². The second-order valence-corrected chi connectivity index (χ2v) is 6.82. The Balaban J connectivity index is 1.77. The van der Waals surface area contributed by atoms with Gasteiger partial charge in [-0.25, -0.2) is 14.8 Å². The molecule has 1 aliphatic heterocycles. The van der Waals surface area contributed by atoms with Crippen molar-refractivity contribution in [3.63, 3.8) is 0 Å². The van der Waals surface area contributed by atoms with Crippen molar-refractivity contribution in [1.29, 1.82) is 0 Å². The van der Waals surface area contributed by atoms with Crippen LogP contribution in [0.1, 0.15) is 32.4 Å². The first-order valence-electron chi connectivity index (χ1n) is 7.23. The number of carbonyl (C=O) groups excluding carboxylic acids is 1. The second kappa shape index (κ2) is 5.39. The van der Waals surface area contributed by atoms with E-state index in [2.05, 4.69) is 9.97 Å². The van der Waals surface area contributed by atoms with Gasteiger partial charge in [0.25, 0.3) is 0 Å². The highest BCUT2D eigenvalue weighted by molar-refractivity contribution is 6.28. The lowest BCUT2D eigenvalue weighted by Gasteiger charge is -2.39. The van der Waals surface area contributed by atoms with Crippen LogP contribution in [0.15, 0.2) is 24.3 Å². The van der Waals surface area contributed by atoms with E-state index in [0.717, 1.165) is 16.6 Å². The highest BCUT2D eigenvalue weighted by Crippen LogP contribution is 2.32. The van der Waals surface area contributed by atoms with E-state index in [-0.39, 0.29) is 17.3 Å². The van der Waals surface area contributed by atoms with Crippen LogP contribution in [0.3, 0.4) is 0 Å². The number of rotatable bonds is 1. The van der Waals surface area contributed by atoms with Crippen molar-refractivity contribution in [3.05, 3.63) is 35.2 Å². The molecule has 0 radical (unpaired) electrons. The standard InChI is InChI=1S/C16H18ClN3O2/c1-16(2,3)22-15(21)20-8-10(9-20)13-11-6-4-5-7-12(11)18-14(17)19-13/h4-7,10H,8-9H2,1-3H3. The topological polar surface area (TPSA) is 55.3 Å². The van der Waals surface area contributed by atoms with Crippen molar-refractivity contribution in [2.24, 2.45) is 0 Å². The number of ether oxygens (including phenoxy) is 1. The van der Waals surface area contributed by atoms with Gasteiger partial charge in [-0.3, -0.25) is 0 Å². The SMILES string of the molecule is CC(C)(C)OC(=O)N1CC(c2nc(Cl)nc3ccccc23)C1. The molecule has 1 aliphatic rings. The summed E-state index contributed by atoms with van der Waals surface area (Å²) >= 11 is 6.01. The Hall–Kier alpha value is -1.88. The Morgan fingerprint density at radius 2 is 1.95 bits per heavy atom. The Morgan fingerprint density at radius 1 is 1.27 bits per heavy atom. The summed E-state index contributed by atoms with van der Waals surface area (Å²) in [5.74, 6) is 0.165. The number of likely N-dealkylation sites (tertiary alicyclic amines) is 1. The highest BCUT2D eigenvalue weighted by Gasteiger charge is 2.36. The van der Waals surface area contributed by atoms with E-state index in [9.17, 15) is 4.79 Å². The molecule has 2 aromatic rings. The summed E-state index contributed by atoms with van der Waals surface area (Å²) in [4.78, 5) is 22.3. The molecule has 1 amide bonds. The molecule has 1 saturated heterocycles. The third kappa shape index (κ3) is 2.99. The monoisotopic (exact) mass is 319 g/mol. The molecule has 0 saturated carbocycles. The van der Waals surface area contributed by atoms with Crippen LogP contribution in [0.25, 0.3) is 10.9 Å². The van der Waals surface area contributed by atoms with Gasteiger partial charge in [0.05, 0.1) is 11.2 Å². The van der Waals surface area contributed by atoms with E-state index in [1.165, 1.54) is 0 Å². The van der Waals surface area contributed by atoms with Crippen molar-refractivity contribution < 1.29 is 9.53 Å². The summed E-state index contributed by atoms with van der Waals surface area (Å²) in [5, 5.41) is 1.23. The number of carbonyl (C=O) groups is 1. The number of para-hydroxylation sites is 1. The molecule has 0 unspecified atom stereocenters. The summed E-state index contributed by atoms with van der Waals surface area (Å²) in [5.41, 5.74) is 1.25. The fourth-order valence-corrected chi connectivity index (χ4v) is 2.69. The van der Waals surface area contributed by atoms with Crippen LogP contribution in [-0.4, -0.2) is 39.7 Å². The van der Waals surface area contributed by atoms with E-state index in [0.29, 0.717) is 13.1 Å². The molecule has 1 aromatic heterocycles. The lowest BCUT2D eigenvalue weighted by atomic mass is 9.93. The van der Waals surface area contributed by atoms with Crippen LogP contribution in [0, 0.1) is 0 Å². The van der Waals surface area contributed by atoms with Crippen molar-refractivity contribution in [2.45, 2.75) is 32.3 Å². The molecule has 5 nitrogen and oxygen atoms in total. The van der Waals surface area contributed by atoms with E-state index in [1.54, 1.807) is 4.90 Å². The zero-order valence-electron chi connectivity index (χ0n) is 12.8. The van der Waals surface area contributed by atoms with Crippen molar-refractivity contribution >= 4 is 28.6 Å². The average Bonchev–Trinajstić information content (AvgIpc) is 2.34. The molecule has 0 bridgehead atoms. The predicted octanol–water partition coefficient (Wildman–Crippen LogP) is 3.62. The summed E-state index contributed by atoms with van der Waals surface area (Å²) in [6.07, 6.45) is -0.284. The van der Waals surface area contributed by atoms with E-state index in [4.69, 9.17) is 16.3 Å². The number of aromatic nitrogens is 2. The normalized spacial score (nSPS) is 15.7. The Morgan fingerprint density at radius 3 is 2.64 bits per heavy atom. The van der Waals surface area contributed by atoms with E-state index in [1.807, 2.05) is 45.0 Å². The first-order valence-corrected chi connectivity index (χ1v) is 7.61. The molecular weight excluding hydrogens is 302 g/mol. The van der Waals surface area contributed by atoms with Gasteiger partial charge in [-0.2, -0.15) is 0 Å². The van der Waals surface area contributed by atoms with Gasteiger partial charge in [-0.15, -0.1) is 0 Å². The summed E-state index contributed by atoms with van der Waals surface area (Å²) < 4.78 is 5.37. The van der Waals surface area contributed by atoms with Gasteiger partial charge in [-0.05, 0) is 38.4 Å². The maximum absolute atomic E-state index is 12.0. The smallest absolute Gasteiger partial charge is 0.410 e. The molecule has 116 valence electrons. The van der Waals surface area contributed by atoms with Gasteiger partial charge in [-0.1, -0.05) is 18.2 Å². The summed E-state index contributed by atoms with van der Waals surface area (Å²) in [7, 11) is 0. The molecule has 1 aromatic carbocycles. The zero-order valence-corrected chi connectivity index (χ0v) is 13.6. The Labute approximate surface area is 134 Å². The van der Waals surface area contributed by atoms with Crippen molar-refractivity contribution in [3.8, 4) is 0 Å². The number of halogens is 1. The fourth-order valence-electron chi connectivity index (χ4n) is 2.51. The first-order chi connectivity index (χ1) is 10.3. The maximum Gasteiger partial charge on any atom is 0.410 e. The van der Waals surface area contributed by atoms with Gasteiger partial charge in [0, 0.05) is 24.4 Å². The fraction of sp³-hybridized carbons (Fsp3) is 0.438. The summed E-state index contributed by atoms with van der Waals surface area (Å²) in [6, 6.07) is 7.77. The predicted molar refractivity (Wildman–Crippen MR) is 85.1 cm³/mol. The van der Waals surface area contributed by atoms with Crippen LogP contribution in [0.2, 0.25) is 5.28 Å². The lowest BCUT2D eigenvalue weighted by molar-refractivity contribution is 0.00799. The van der Waals surface area contributed by atoms with E-state index < -0.39 is 5.60 Å². The van der Waals surface area contributed by atoms with Crippen LogP contribution in [-0.2, 0) is 4.74 Å². The molecule has 6 heteroatoms. The molecule has 0 N–H and O–H groups in total. The number of benzene rings is 1. The molecule has 0 aliphatic carbocycles. The number of fused-ring (bicyclic) bond motifs is 1. The highest BCUT2D eigenvalue weighted by atomic mass is 35.5. The third-order valence-electron chi connectivity index (χ3n) is 3.53. The average molecular weight is 320 g/mol. The van der Waals surface area contributed by atoms with Gasteiger partial charge in [0.1, 0.15) is 5.60 Å². The number of hydrogen-bond donors (Lipinski definition) is 0. The maximum atomic E-state index is 12.0. The van der Waals surface area contributed by atoms with Crippen LogP contribution in [0.4, 0.5) is 4.79 Å². The largest absolute Gasteiger partial charge is 0.444 e. The van der Waals surface area contributed by atoms with Gasteiger partial charge in [0.2, 0.25) is 5.28 Å². The quantitative estimate of drug-likeness (QED) is 0.753. The zero-order chi connectivity index (χ0) is 15.9. The Bertz CT molecular complexity index is 721. The van der Waals surface area contributed by atoms with Gasteiger partial charge < -0.3 is 9.64 Å². The molecule has 0 spiro atoms. The minimum Gasteiger partial charge on any atom is -0.444 e. The van der Waals surface area contributed by atoms with Crippen molar-refractivity contribution in [1.82, 2.24) is 14.9 Å². The lowest BCUT2D eigenvalue weighted by Crippen LogP contribution is -2.50. The summed E-state index contributed by atoms with van der Waals surface area (Å²) in [6.45, 7) is 6.76.